The summed E-state index contributed by atoms with van der Waals surface area (Å²) in [5, 5.41) is 9.69. The topological polar surface area (TPSA) is 104 Å². The van der Waals surface area contributed by atoms with Crippen molar-refractivity contribution in [1.82, 2.24) is 14.5 Å². The molecule has 0 bridgehead atoms. The van der Waals surface area contributed by atoms with Gasteiger partial charge >= 0.3 is 0 Å². The predicted octanol–water partition coefficient (Wildman–Crippen LogP) is 2.66. The van der Waals surface area contributed by atoms with E-state index in [0.29, 0.717) is 43.4 Å². The van der Waals surface area contributed by atoms with E-state index in [1.807, 2.05) is 31.2 Å². The second kappa shape index (κ2) is 8.39. The predicted molar refractivity (Wildman–Crippen MR) is 113 cm³/mol. The van der Waals surface area contributed by atoms with Gasteiger partial charge in [0, 0.05) is 24.3 Å². The van der Waals surface area contributed by atoms with Crippen molar-refractivity contribution in [3.8, 4) is 11.3 Å². The summed E-state index contributed by atoms with van der Waals surface area (Å²) in [7, 11) is -3.57. The summed E-state index contributed by atoms with van der Waals surface area (Å²) >= 11 is 0. The lowest BCUT2D eigenvalue weighted by Gasteiger charge is -2.26. The van der Waals surface area contributed by atoms with Gasteiger partial charge in [-0.05, 0) is 37.3 Å². The molecule has 1 fully saturated rings. The maximum Gasteiger partial charge on any atom is 0.273 e. The molecule has 8 nitrogen and oxygen atoms in total. The molecule has 2 aromatic carbocycles. The van der Waals surface area contributed by atoms with Gasteiger partial charge in [-0.15, -0.1) is 0 Å². The summed E-state index contributed by atoms with van der Waals surface area (Å²) in [6.45, 7) is 3.46. The highest BCUT2D eigenvalue weighted by Gasteiger charge is 2.26. The summed E-state index contributed by atoms with van der Waals surface area (Å²) < 4.78 is 32.0. The van der Waals surface area contributed by atoms with E-state index >= 15 is 0 Å². The van der Waals surface area contributed by atoms with Gasteiger partial charge in [0.05, 0.1) is 23.8 Å². The quantitative estimate of drug-likeness (QED) is 0.653. The highest BCUT2D eigenvalue weighted by atomic mass is 32.2. The molecule has 1 aliphatic rings. The van der Waals surface area contributed by atoms with Crippen LogP contribution < -0.4 is 5.32 Å². The first-order valence-electron chi connectivity index (χ1n) is 9.55. The second-order valence-corrected chi connectivity index (χ2v) is 8.97. The summed E-state index contributed by atoms with van der Waals surface area (Å²) in [5.74, 6) is -0.357. The largest absolute Gasteiger partial charge is 0.379 e. The molecule has 1 amide bonds. The van der Waals surface area contributed by atoms with Gasteiger partial charge in [0.25, 0.3) is 5.91 Å². The average molecular weight is 426 g/mol. The van der Waals surface area contributed by atoms with Crippen LogP contribution in [0.5, 0.6) is 0 Å². The SMILES string of the molecule is Cc1ccc(-c2cc(C(=O)Nc3ccc(S(=O)(=O)N4CCOCC4)cc3)[nH]n2)cc1. The molecule has 0 atom stereocenters. The van der Waals surface area contributed by atoms with Crippen LogP contribution >= 0.6 is 0 Å². The third-order valence-electron chi connectivity index (χ3n) is 4.89. The fraction of sp³-hybridized carbons (Fsp3) is 0.238. The monoisotopic (exact) mass is 426 g/mol. The molecule has 1 aromatic heterocycles. The van der Waals surface area contributed by atoms with Crippen molar-refractivity contribution in [2.45, 2.75) is 11.8 Å². The molecule has 0 spiro atoms. The Morgan fingerprint density at radius 2 is 1.73 bits per heavy atom. The smallest absolute Gasteiger partial charge is 0.273 e. The summed E-state index contributed by atoms with van der Waals surface area (Å²) in [6, 6.07) is 15.7. The van der Waals surface area contributed by atoms with E-state index in [0.717, 1.165) is 11.1 Å². The van der Waals surface area contributed by atoms with Crippen molar-refractivity contribution >= 4 is 21.6 Å². The van der Waals surface area contributed by atoms with Gasteiger partial charge in [0.2, 0.25) is 10.0 Å². The van der Waals surface area contributed by atoms with E-state index in [1.54, 1.807) is 18.2 Å². The number of sulfonamides is 1. The number of nitrogens with zero attached hydrogens (tertiary/aromatic N) is 2. The molecule has 2 N–H and O–H groups in total. The van der Waals surface area contributed by atoms with Crippen LogP contribution in [0, 0.1) is 6.92 Å². The molecule has 0 unspecified atom stereocenters. The van der Waals surface area contributed by atoms with Crippen molar-refractivity contribution < 1.29 is 17.9 Å². The number of aryl methyl sites for hydroxylation is 1. The van der Waals surface area contributed by atoms with E-state index in [9.17, 15) is 13.2 Å². The van der Waals surface area contributed by atoms with Crippen LogP contribution in [-0.4, -0.2) is 55.1 Å². The van der Waals surface area contributed by atoms with Crippen molar-refractivity contribution in [2.24, 2.45) is 0 Å². The van der Waals surface area contributed by atoms with Gasteiger partial charge < -0.3 is 10.1 Å². The zero-order valence-corrected chi connectivity index (χ0v) is 17.3. The Hall–Kier alpha value is -3.01. The van der Waals surface area contributed by atoms with E-state index in [1.165, 1.54) is 16.4 Å². The Kier molecular flexibility index (Phi) is 5.67. The number of rotatable bonds is 5. The Morgan fingerprint density at radius 3 is 2.40 bits per heavy atom. The molecule has 156 valence electrons. The first kappa shape index (κ1) is 20.3. The number of aromatic nitrogens is 2. The molecule has 0 radical (unpaired) electrons. The lowest BCUT2D eigenvalue weighted by Crippen LogP contribution is -2.40. The molecule has 1 aliphatic heterocycles. The Morgan fingerprint density at radius 1 is 1.07 bits per heavy atom. The van der Waals surface area contributed by atoms with Crippen molar-refractivity contribution in [3.05, 3.63) is 65.9 Å². The van der Waals surface area contributed by atoms with Crippen LogP contribution in [0.2, 0.25) is 0 Å². The fourth-order valence-electron chi connectivity index (χ4n) is 3.15. The van der Waals surface area contributed by atoms with Gasteiger partial charge in [-0.3, -0.25) is 9.89 Å². The second-order valence-electron chi connectivity index (χ2n) is 7.03. The Bertz CT molecular complexity index is 1130. The number of morpholine rings is 1. The number of H-pyrrole nitrogens is 1. The van der Waals surface area contributed by atoms with Gasteiger partial charge in [0.1, 0.15) is 5.69 Å². The summed E-state index contributed by atoms with van der Waals surface area (Å²) in [5.41, 5.74) is 3.54. The number of benzene rings is 2. The van der Waals surface area contributed by atoms with Crippen LogP contribution in [0.1, 0.15) is 16.1 Å². The van der Waals surface area contributed by atoms with Crippen LogP contribution in [0.3, 0.4) is 0 Å². The van der Waals surface area contributed by atoms with E-state index in [2.05, 4.69) is 15.5 Å². The van der Waals surface area contributed by atoms with Crippen LogP contribution in [0.15, 0.2) is 59.5 Å². The molecule has 4 rings (SSSR count). The lowest BCUT2D eigenvalue weighted by atomic mass is 10.1. The number of carbonyl (C=O) groups is 1. The zero-order chi connectivity index (χ0) is 21.1. The Labute approximate surface area is 174 Å². The minimum absolute atomic E-state index is 0.186. The van der Waals surface area contributed by atoms with Crippen molar-refractivity contribution in [1.29, 1.82) is 0 Å². The van der Waals surface area contributed by atoms with Crippen LogP contribution in [0.25, 0.3) is 11.3 Å². The normalized spacial score (nSPS) is 15.1. The van der Waals surface area contributed by atoms with Gasteiger partial charge in [0.15, 0.2) is 0 Å². The maximum absolute atomic E-state index is 12.7. The number of hydrogen-bond acceptors (Lipinski definition) is 5. The fourth-order valence-corrected chi connectivity index (χ4v) is 4.56. The number of ether oxygens (including phenoxy) is 1. The third-order valence-corrected chi connectivity index (χ3v) is 6.80. The standard InChI is InChI=1S/C21H22N4O4S/c1-15-2-4-16(5-3-15)19-14-20(24-23-19)21(26)22-17-6-8-18(9-7-17)30(27,28)25-10-12-29-13-11-25/h2-9,14H,10-13H2,1H3,(H,22,26)(H,23,24). The van der Waals surface area contributed by atoms with Crippen LogP contribution in [0.4, 0.5) is 5.69 Å². The van der Waals surface area contributed by atoms with Crippen molar-refractivity contribution in [2.75, 3.05) is 31.6 Å². The molecule has 9 heteroatoms. The van der Waals surface area contributed by atoms with Gasteiger partial charge in [-0.25, -0.2) is 8.42 Å². The van der Waals surface area contributed by atoms with Gasteiger partial charge in [-0.2, -0.15) is 9.40 Å². The molecule has 1 saturated heterocycles. The highest BCUT2D eigenvalue weighted by Crippen LogP contribution is 2.21. The molecule has 3 aromatic rings. The van der Waals surface area contributed by atoms with E-state index in [-0.39, 0.29) is 10.8 Å². The first-order valence-corrected chi connectivity index (χ1v) is 11.0. The molecule has 2 heterocycles. The number of nitrogens with one attached hydrogen (secondary N) is 2. The minimum atomic E-state index is -3.57. The number of aromatic amines is 1. The van der Waals surface area contributed by atoms with E-state index in [4.69, 9.17) is 4.74 Å². The lowest BCUT2D eigenvalue weighted by molar-refractivity contribution is 0.0730. The number of carbonyl (C=O) groups excluding carboxylic acids is 1. The first-order chi connectivity index (χ1) is 14.4. The van der Waals surface area contributed by atoms with E-state index < -0.39 is 10.0 Å². The van der Waals surface area contributed by atoms with Crippen LogP contribution in [-0.2, 0) is 14.8 Å². The third kappa shape index (κ3) is 4.28. The molecule has 30 heavy (non-hydrogen) atoms. The molecule has 0 saturated carbocycles. The summed E-state index contributed by atoms with van der Waals surface area (Å²) in [6.07, 6.45) is 0. The van der Waals surface area contributed by atoms with Crippen molar-refractivity contribution in [3.63, 3.8) is 0 Å². The van der Waals surface area contributed by atoms with Gasteiger partial charge in [-0.1, -0.05) is 29.8 Å². The Balaban J connectivity index is 1.44. The minimum Gasteiger partial charge on any atom is -0.379 e. The number of anilines is 1. The zero-order valence-electron chi connectivity index (χ0n) is 16.5. The highest BCUT2D eigenvalue weighted by molar-refractivity contribution is 7.89. The molecular formula is C21H22N4O4S. The summed E-state index contributed by atoms with van der Waals surface area (Å²) in [4.78, 5) is 12.7. The number of amides is 1. The molecular weight excluding hydrogens is 404 g/mol. The molecule has 0 aliphatic carbocycles. The maximum atomic E-state index is 12.7. The number of hydrogen-bond donors (Lipinski definition) is 2. The average Bonchev–Trinajstić information content (AvgIpc) is 3.26.